The summed E-state index contributed by atoms with van der Waals surface area (Å²) >= 11 is 0. The highest BCUT2D eigenvalue weighted by atomic mass is 19.3. The highest BCUT2D eigenvalue weighted by molar-refractivity contribution is 6.10. The van der Waals surface area contributed by atoms with Crippen LogP contribution < -0.4 is 20.7 Å². The van der Waals surface area contributed by atoms with Crippen LogP contribution in [0.3, 0.4) is 0 Å². The van der Waals surface area contributed by atoms with Crippen LogP contribution in [-0.2, 0) is 48.2 Å². The number of nitrogens with zero attached hydrogens (tertiary/aromatic N) is 2. The lowest BCUT2D eigenvalue weighted by atomic mass is 9.96. The maximum Gasteiger partial charge on any atom is 0.408 e. The Bertz CT molecular complexity index is 1680. The molecule has 3 amide bonds. The monoisotopic (exact) mass is 781 g/mol. The summed E-state index contributed by atoms with van der Waals surface area (Å²) in [6.07, 6.45) is 1.91. The number of benzene rings is 2. The van der Waals surface area contributed by atoms with Crippen LogP contribution in [0.5, 0.6) is 5.75 Å². The number of hydrogen-bond donors (Lipinski definition) is 3. The first-order chi connectivity index (χ1) is 26.8. The number of nitrogens with one attached hydrogen (secondary N) is 3. The van der Waals surface area contributed by atoms with E-state index in [9.17, 15) is 19.2 Å². The van der Waals surface area contributed by atoms with Crippen LogP contribution in [0.2, 0.25) is 0 Å². The molecular weight excluding hydrogens is 728 g/mol. The van der Waals surface area contributed by atoms with Crippen LogP contribution in [0.1, 0.15) is 44.4 Å². The molecule has 4 rings (SSSR count). The summed E-state index contributed by atoms with van der Waals surface area (Å²) < 4.78 is 54.0. The standard InChI is InChI=1S/C41H53F2N5O8/c1-28(2)35(27-54-25-32-11-8-16-44-24-32)46-39(51)41(42,43)37(49)34(23-30-12-14-33(15-13-30)55-22-19-48-17-20-53-21-18-48)45-38(50)36(29(3)4)47-40(52)56-26-31-9-6-5-7-10-31/h5-16,24,28-29,34-36H,17-23,25-27H2,1-4H3,(H,45,50)(H,46,51)(H,47,52). The molecule has 2 aromatic carbocycles. The number of rotatable bonds is 21. The van der Waals surface area contributed by atoms with Crippen LogP contribution >= 0.6 is 0 Å². The number of morpholine rings is 1. The summed E-state index contributed by atoms with van der Waals surface area (Å²) in [4.78, 5) is 59.5. The predicted molar refractivity (Wildman–Crippen MR) is 204 cm³/mol. The molecule has 1 aliphatic rings. The second-order valence-corrected chi connectivity index (χ2v) is 14.3. The number of ether oxygens (including phenoxy) is 4. The number of carbonyl (C=O) groups is 4. The summed E-state index contributed by atoms with van der Waals surface area (Å²) in [5.41, 5.74) is 1.89. The fourth-order valence-corrected chi connectivity index (χ4v) is 5.75. The van der Waals surface area contributed by atoms with Crippen molar-refractivity contribution in [3.63, 3.8) is 0 Å². The van der Waals surface area contributed by atoms with Gasteiger partial charge < -0.3 is 34.9 Å². The van der Waals surface area contributed by atoms with E-state index in [1.54, 1.807) is 101 Å². The Kier molecular flexibility index (Phi) is 17.1. The van der Waals surface area contributed by atoms with Crippen LogP contribution in [0.25, 0.3) is 0 Å². The third kappa shape index (κ3) is 13.9. The fraction of sp³-hybridized carbons (Fsp3) is 0.488. The van der Waals surface area contributed by atoms with E-state index in [0.717, 1.165) is 18.7 Å². The lowest BCUT2D eigenvalue weighted by Gasteiger charge is -2.28. The van der Waals surface area contributed by atoms with Crippen molar-refractivity contribution in [2.45, 2.75) is 71.4 Å². The molecule has 1 saturated heterocycles. The molecule has 3 aromatic rings. The molecule has 3 atom stereocenters. The van der Waals surface area contributed by atoms with E-state index in [0.29, 0.717) is 43.2 Å². The minimum Gasteiger partial charge on any atom is -0.492 e. The largest absolute Gasteiger partial charge is 0.492 e. The molecule has 3 N–H and O–H groups in total. The number of halogens is 2. The van der Waals surface area contributed by atoms with Gasteiger partial charge in [-0.2, -0.15) is 8.78 Å². The SMILES string of the molecule is CC(C)C(COCc1cccnc1)NC(=O)C(F)(F)C(=O)C(Cc1ccc(OCCN2CCOCC2)cc1)NC(=O)C(NC(=O)OCc1ccccc1)C(C)C. The summed E-state index contributed by atoms with van der Waals surface area (Å²) in [5, 5.41) is 7.16. The quantitative estimate of drug-likeness (QED) is 0.133. The van der Waals surface area contributed by atoms with Crippen molar-refractivity contribution in [1.82, 2.24) is 25.8 Å². The molecule has 304 valence electrons. The summed E-state index contributed by atoms with van der Waals surface area (Å²) in [6.45, 7) is 10.8. The Hall–Kier alpha value is -4.99. The molecule has 56 heavy (non-hydrogen) atoms. The number of Topliss-reactive ketones (excluding diaryl/α,β-unsaturated/α-hetero) is 1. The summed E-state index contributed by atoms with van der Waals surface area (Å²) in [5.74, 6) is -9.43. The number of aromatic nitrogens is 1. The van der Waals surface area contributed by atoms with Crippen molar-refractivity contribution in [3.8, 4) is 5.75 Å². The molecule has 0 spiro atoms. The Morgan fingerprint density at radius 2 is 1.54 bits per heavy atom. The minimum atomic E-state index is -4.55. The molecule has 1 fully saturated rings. The third-order valence-corrected chi connectivity index (χ3v) is 9.22. The van der Waals surface area contributed by atoms with E-state index in [-0.39, 0.29) is 32.2 Å². The molecule has 0 aliphatic carbocycles. The van der Waals surface area contributed by atoms with E-state index in [4.69, 9.17) is 18.9 Å². The van der Waals surface area contributed by atoms with E-state index in [2.05, 4.69) is 25.8 Å². The Morgan fingerprint density at radius 3 is 2.18 bits per heavy atom. The molecule has 0 bridgehead atoms. The number of alkyl carbamates (subject to hydrolysis) is 1. The Balaban J connectivity index is 1.46. The maximum absolute atomic E-state index is 15.9. The van der Waals surface area contributed by atoms with E-state index < -0.39 is 53.7 Å². The Morgan fingerprint density at radius 1 is 0.839 bits per heavy atom. The number of hydrogen-bond acceptors (Lipinski definition) is 10. The van der Waals surface area contributed by atoms with Crippen molar-refractivity contribution >= 4 is 23.7 Å². The molecule has 2 heterocycles. The van der Waals surface area contributed by atoms with Crippen molar-refractivity contribution in [2.24, 2.45) is 11.8 Å². The van der Waals surface area contributed by atoms with Gasteiger partial charge in [0, 0.05) is 38.4 Å². The average molecular weight is 782 g/mol. The van der Waals surface area contributed by atoms with Crippen LogP contribution in [-0.4, -0.2) is 104 Å². The predicted octanol–water partition coefficient (Wildman–Crippen LogP) is 4.33. The molecule has 1 aromatic heterocycles. The lowest BCUT2D eigenvalue weighted by Crippen LogP contribution is -2.60. The number of pyridine rings is 1. The molecule has 3 unspecified atom stereocenters. The lowest BCUT2D eigenvalue weighted by molar-refractivity contribution is -0.161. The average Bonchev–Trinajstić information content (AvgIpc) is 3.19. The normalized spacial score (nSPS) is 15.1. The van der Waals surface area contributed by atoms with E-state index in [1.807, 2.05) is 6.07 Å². The van der Waals surface area contributed by atoms with Gasteiger partial charge in [0.25, 0.3) is 5.91 Å². The topological polar surface area (TPSA) is 157 Å². The van der Waals surface area contributed by atoms with Gasteiger partial charge >= 0.3 is 12.0 Å². The molecule has 0 radical (unpaired) electrons. The van der Waals surface area contributed by atoms with Crippen molar-refractivity contribution in [3.05, 3.63) is 95.8 Å². The summed E-state index contributed by atoms with van der Waals surface area (Å²) in [7, 11) is 0. The van der Waals surface area contributed by atoms with Crippen molar-refractivity contribution in [2.75, 3.05) is 46.1 Å². The van der Waals surface area contributed by atoms with Gasteiger partial charge in [-0.25, -0.2) is 4.79 Å². The zero-order chi connectivity index (χ0) is 40.5. The van der Waals surface area contributed by atoms with E-state index in [1.165, 1.54) is 0 Å². The van der Waals surface area contributed by atoms with Crippen LogP contribution in [0.15, 0.2) is 79.1 Å². The van der Waals surface area contributed by atoms with Crippen molar-refractivity contribution < 1.29 is 46.9 Å². The highest BCUT2D eigenvalue weighted by Gasteiger charge is 2.51. The molecular formula is C41H53F2N5O8. The van der Waals surface area contributed by atoms with Crippen molar-refractivity contribution in [1.29, 1.82) is 0 Å². The second kappa shape index (κ2) is 21.9. The third-order valence-electron chi connectivity index (χ3n) is 9.22. The maximum atomic E-state index is 15.9. The van der Waals surface area contributed by atoms with Gasteiger partial charge in [-0.05, 0) is 46.7 Å². The first-order valence-corrected chi connectivity index (χ1v) is 18.8. The highest BCUT2D eigenvalue weighted by Crippen LogP contribution is 2.22. The first-order valence-electron chi connectivity index (χ1n) is 18.8. The minimum absolute atomic E-state index is 0.0691. The first kappa shape index (κ1) is 43.7. The van der Waals surface area contributed by atoms with Gasteiger partial charge in [0.05, 0.1) is 38.5 Å². The number of ketones is 1. The van der Waals surface area contributed by atoms with Gasteiger partial charge in [-0.15, -0.1) is 0 Å². The number of carbonyl (C=O) groups excluding carboxylic acids is 4. The van der Waals surface area contributed by atoms with Crippen LogP contribution in [0, 0.1) is 11.8 Å². The second-order valence-electron chi connectivity index (χ2n) is 14.3. The molecule has 15 heteroatoms. The van der Waals surface area contributed by atoms with Crippen LogP contribution in [0.4, 0.5) is 13.6 Å². The van der Waals surface area contributed by atoms with Gasteiger partial charge in [0.1, 0.15) is 25.0 Å². The van der Waals surface area contributed by atoms with Gasteiger partial charge in [0.15, 0.2) is 0 Å². The smallest absolute Gasteiger partial charge is 0.408 e. The number of amides is 3. The van der Waals surface area contributed by atoms with E-state index >= 15 is 8.78 Å². The zero-order valence-corrected chi connectivity index (χ0v) is 32.4. The summed E-state index contributed by atoms with van der Waals surface area (Å²) in [6, 6.07) is 14.9. The fourth-order valence-electron chi connectivity index (χ4n) is 5.75. The molecule has 13 nitrogen and oxygen atoms in total. The molecule has 1 aliphatic heterocycles. The Labute approximate surface area is 326 Å². The van der Waals surface area contributed by atoms with Gasteiger partial charge in [0.2, 0.25) is 11.7 Å². The zero-order valence-electron chi connectivity index (χ0n) is 32.4. The molecule has 0 saturated carbocycles. The van der Waals surface area contributed by atoms with Gasteiger partial charge in [-0.1, -0.05) is 76.2 Å². The number of alkyl halides is 2. The van der Waals surface area contributed by atoms with Gasteiger partial charge in [-0.3, -0.25) is 24.3 Å².